The first-order valence-corrected chi connectivity index (χ1v) is 4.77. The molecule has 4 nitrogen and oxygen atoms in total. The standard InChI is InChI=1S/C9H17NO3/c1-5-7-8(6(11)4-10-5)13-9(2,3)12-7/h5-8,10-11H,4H2,1-3H3/t5-,6+,7+,8-/m0/s1. The van der Waals surface area contributed by atoms with Crippen LogP contribution in [0.4, 0.5) is 0 Å². The molecule has 2 rings (SSSR count). The number of aliphatic hydroxyl groups excluding tert-OH is 1. The summed E-state index contributed by atoms with van der Waals surface area (Å²) in [6.45, 7) is 6.39. The van der Waals surface area contributed by atoms with E-state index in [1.54, 1.807) is 0 Å². The van der Waals surface area contributed by atoms with E-state index in [4.69, 9.17) is 9.47 Å². The van der Waals surface area contributed by atoms with Gasteiger partial charge in [0.15, 0.2) is 5.79 Å². The summed E-state index contributed by atoms with van der Waals surface area (Å²) >= 11 is 0. The smallest absolute Gasteiger partial charge is 0.163 e. The Bertz CT molecular complexity index is 187. The number of fused-ring (bicyclic) bond motifs is 1. The van der Waals surface area contributed by atoms with Gasteiger partial charge in [0.25, 0.3) is 0 Å². The predicted molar refractivity (Wildman–Crippen MR) is 47.3 cm³/mol. The van der Waals surface area contributed by atoms with Crippen LogP contribution in [0.3, 0.4) is 0 Å². The van der Waals surface area contributed by atoms with Crippen LogP contribution in [0.2, 0.25) is 0 Å². The van der Waals surface area contributed by atoms with Crippen molar-refractivity contribution in [3.8, 4) is 0 Å². The number of nitrogens with one attached hydrogen (secondary N) is 1. The Hall–Kier alpha value is -0.160. The monoisotopic (exact) mass is 187 g/mol. The summed E-state index contributed by atoms with van der Waals surface area (Å²) in [5, 5.41) is 12.8. The maximum absolute atomic E-state index is 9.66. The molecule has 0 saturated carbocycles. The van der Waals surface area contributed by atoms with Crippen molar-refractivity contribution >= 4 is 0 Å². The fraction of sp³-hybridized carbons (Fsp3) is 1.00. The third kappa shape index (κ3) is 1.59. The minimum absolute atomic E-state index is 0.0289. The Balaban J connectivity index is 2.14. The molecule has 0 unspecified atom stereocenters. The van der Waals surface area contributed by atoms with Crippen LogP contribution in [-0.2, 0) is 9.47 Å². The minimum atomic E-state index is -0.559. The van der Waals surface area contributed by atoms with Gasteiger partial charge in [0.2, 0.25) is 0 Å². The van der Waals surface area contributed by atoms with Gasteiger partial charge in [0.05, 0.1) is 6.10 Å². The number of aliphatic hydroxyl groups is 1. The highest BCUT2D eigenvalue weighted by atomic mass is 16.8. The van der Waals surface area contributed by atoms with E-state index in [9.17, 15) is 5.11 Å². The molecule has 2 aliphatic rings. The van der Waals surface area contributed by atoms with Crippen molar-refractivity contribution in [3.05, 3.63) is 0 Å². The summed E-state index contributed by atoms with van der Waals surface area (Å²) in [7, 11) is 0. The number of ether oxygens (including phenoxy) is 2. The molecule has 0 amide bonds. The first kappa shape index (κ1) is 9.40. The zero-order valence-corrected chi connectivity index (χ0v) is 8.28. The van der Waals surface area contributed by atoms with E-state index in [0.717, 1.165) is 0 Å². The molecule has 4 atom stereocenters. The highest BCUT2D eigenvalue weighted by Gasteiger charge is 2.49. The van der Waals surface area contributed by atoms with Gasteiger partial charge in [0.1, 0.15) is 12.2 Å². The molecule has 2 heterocycles. The molecule has 2 fully saturated rings. The van der Waals surface area contributed by atoms with Gasteiger partial charge in [-0.3, -0.25) is 0 Å². The molecular formula is C9H17NO3. The maximum atomic E-state index is 9.66. The molecule has 0 aliphatic carbocycles. The van der Waals surface area contributed by atoms with Crippen LogP contribution < -0.4 is 5.32 Å². The van der Waals surface area contributed by atoms with Gasteiger partial charge < -0.3 is 19.9 Å². The second-order valence-corrected chi connectivity index (χ2v) is 4.33. The molecule has 0 bridgehead atoms. The molecule has 2 aliphatic heterocycles. The van der Waals surface area contributed by atoms with E-state index >= 15 is 0 Å². The first-order chi connectivity index (χ1) is 5.99. The Morgan fingerprint density at radius 2 is 1.92 bits per heavy atom. The fourth-order valence-electron chi connectivity index (χ4n) is 2.04. The van der Waals surface area contributed by atoms with Crippen molar-refractivity contribution in [1.29, 1.82) is 0 Å². The maximum Gasteiger partial charge on any atom is 0.163 e. The van der Waals surface area contributed by atoms with Gasteiger partial charge in [-0.15, -0.1) is 0 Å². The minimum Gasteiger partial charge on any atom is -0.389 e. The number of β-amino-alcohol motifs (C(OH)–C–C–N with tert-alkyl or cyclic N) is 1. The molecule has 2 N–H and O–H groups in total. The van der Waals surface area contributed by atoms with Gasteiger partial charge in [-0.2, -0.15) is 0 Å². The van der Waals surface area contributed by atoms with E-state index in [1.807, 2.05) is 20.8 Å². The second kappa shape index (κ2) is 2.92. The highest BCUT2D eigenvalue weighted by molar-refractivity contribution is 4.96. The summed E-state index contributed by atoms with van der Waals surface area (Å²) in [5.74, 6) is -0.559. The van der Waals surface area contributed by atoms with Gasteiger partial charge in [0, 0.05) is 12.6 Å². The lowest BCUT2D eigenvalue weighted by Crippen LogP contribution is -2.57. The Morgan fingerprint density at radius 1 is 1.31 bits per heavy atom. The van der Waals surface area contributed by atoms with Crippen molar-refractivity contribution in [2.75, 3.05) is 6.54 Å². The quantitative estimate of drug-likeness (QED) is 0.554. The zero-order valence-electron chi connectivity index (χ0n) is 8.28. The second-order valence-electron chi connectivity index (χ2n) is 4.33. The average molecular weight is 187 g/mol. The van der Waals surface area contributed by atoms with E-state index in [-0.39, 0.29) is 18.2 Å². The van der Waals surface area contributed by atoms with Crippen LogP contribution in [0.25, 0.3) is 0 Å². The van der Waals surface area contributed by atoms with Crippen LogP contribution >= 0.6 is 0 Å². The molecule has 0 aromatic carbocycles. The normalized spacial score (nSPS) is 48.9. The van der Waals surface area contributed by atoms with Crippen molar-refractivity contribution in [2.24, 2.45) is 0 Å². The molecule has 0 aromatic heterocycles. The molecule has 0 spiro atoms. The summed E-state index contributed by atoms with van der Waals surface area (Å²) in [6, 6.07) is 0.246. The van der Waals surface area contributed by atoms with Crippen LogP contribution in [0, 0.1) is 0 Å². The molecule has 13 heavy (non-hydrogen) atoms. The van der Waals surface area contributed by atoms with Gasteiger partial charge >= 0.3 is 0 Å². The topological polar surface area (TPSA) is 50.7 Å². The summed E-state index contributed by atoms with van der Waals surface area (Å²) in [5.41, 5.74) is 0. The van der Waals surface area contributed by atoms with E-state index < -0.39 is 11.9 Å². The van der Waals surface area contributed by atoms with Crippen molar-refractivity contribution < 1.29 is 14.6 Å². The Morgan fingerprint density at radius 3 is 2.54 bits per heavy atom. The predicted octanol–water partition coefficient (Wildman–Crippen LogP) is -0.141. The first-order valence-electron chi connectivity index (χ1n) is 4.77. The van der Waals surface area contributed by atoms with Gasteiger partial charge in [-0.05, 0) is 20.8 Å². The summed E-state index contributed by atoms with van der Waals surface area (Å²) in [4.78, 5) is 0. The van der Waals surface area contributed by atoms with Crippen LogP contribution in [0.5, 0.6) is 0 Å². The lowest BCUT2D eigenvalue weighted by atomic mass is 9.98. The van der Waals surface area contributed by atoms with Crippen molar-refractivity contribution in [1.82, 2.24) is 5.32 Å². The number of hydrogen-bond donors (Lipinski definition) is 2. The van der Waals surface area contributed by atoms with Crippen LogP contribution in [0.15, 0.2) is 0 Å². The molecule has 4 heteroatoms. The van der Waals surface area contributed by atoms with E-state index in [1.165, 1.54) is 0 Å². The Kier molecular flexibility index (Phi) is 2.11. The largest absolute Gasteiger partial charge is 0.389 e. The molecule has 0 radical (unpaired) electrons. The van der Waals surface area contributed by atoms with Crippen LogP contribution in [-0.4, -0.2) is 41.8 Å². The van der Waals surface area contributed by atoms with E-state index in [0.29, 0.717) is 6.54 Å². The lowest BCUT2D eigenvalue weighted by Gasteiger charge is -2.33. The number of hydrogen-bond acceptors (Lipinski definition) is 4. The SMILES string of the molecule is C[C@@H]1NC[C@@H](O)[C@@H]2OC(C)(C)O[C@@H]21. The number of piperidine rings is 1. The van der Waals surface area contributed by atoms with Gasteiger partial charge in [-0.1, -0.05) is 0 Å². The molecule has 76 valence electrons. The lowest BCUT2D eigenvalue weighted by molar-refractivity contribution is -0.153. The molecule has 2 saturated heterocycles. The van der Waals surface area contributed by atoms with E-state index in [2.05, 4.69) is 5.32 Å². The fourth-order valence-corrected chi connectivity index (χ4v) is 2.04. The molecular weight excluding hydrogens is 170 g/mol. The summed E-state index contributed by atoms with van der Waals surface area (Å²) in [6.07, 6.45) is -0.659. The Labute approximate surface area is 78.2 Å². The third-order valence-electron chi connectivity index (χ3n) is 2.68. The van der Waals surface area contributed by atoms with Gasteiger partial charge in [-0.25, -0.2) is 0 Å². The van der Waals surface area contributed by atoms with Crippen molar-refractivity contribution in [2.45, 2.75) is 50.9 Å². The summed E-state index contributed by atoms with van der Waals surface area (Å²) < 4.78 is 11.3. The highest BCUT2D eigenvalue weighted by Crippen LogP contribution is 2.33. The third-order valence-corrected chi connectivity index (χ3v) is 2.68. The molecule has 0 aromatic rings. The average Bonchev–Trinajstić information content (AvgIpc) is 2.35. The van der Waals surface area contributed by atoms with Crippen LogP contribution in [0.1, 0.15) is 20.8 Å². The number of rotatable bonds is 0. The zero-order chi connectivity index (χ0) is 9.64. The van der Waals surface area contributed by atoms with Crippen molar-refractivity contribution in [3.63, 3.8) is 0 Å².